The Hall–Kier alpha value is -3.80. The molecule has 0 amide bonds. The molecule has 0 radical (unpaired) electrons. The number of hydrogen-bond donors (Lipinski definition) is 0. The zero-order valence-corrected chi connectivity index (χ0v) is 25.8. The van der Waals surface area contributed by atoms with E-state index in [1.807, 2.05) is 72.2 Å². The minimum Gasteiger partial charge on any atom is -0.487 e. The molecule has 0 saturated heterocycles. The molecule has 0 aliphatic carbocycles. The van der Waals surface area contributed by atoms with Gasteiger partial charge in [-0.15, -0.1) is 48.3 Å². The third-order valence-corrected chi connectivity index (χ3v) is 6.64. The van der Waals surface area contributed by atoms with Gasteiger partial charge >= 0.3 is 20.1 Å². The monoisotopic (exact) mass is 706 g/mol. The number of benzene rings is 3. The van der Waals surface area contributed by atoms with Crippen LogP contribution in [0.5, 0.6) is 0 Å². The van der Waals surface area contributed by atoms with E-state index < -0.39 is 0 Å². The van der Waals surface area contributed by atoms with Crippen molar-refractivity contribution in [2.24, 2.45) is 0 Å². The molecule has 0 N–H and O–H groups in total. The van der Waals surface area contributed by atoms with Crippen molar-refractivity contribution in [1.29, 1.82) is 0 Å². The van der Waals surface area contributed by atoms with Gasteiger partial charge in [-0.25, -0.2) is 9.97 Å². The first-order valence-corrected chi connectivity index (χ1v) is 13.2. The predicted molar refractivity (Wildman–Crippen MR) is 158 cm³/mol. The number of nitrogens with zero attached hydrogens (tertiary/aromatic N) is 6. The Kier molecular flexibility index (Phi) is 9.51. The van der Waals surface area contributed by atoms with E-state index >= 15 is 0 Å². The van der Waals surface area contributed by atoms with Crippen molar-refractivity contribution in [3.05, 3.63) is 121 Å². The van der Waals surface area contributed by atoms with Gasteiger partial charge in [-0.3, -0.25) is 4.98 Å². The van der Waals surface area contributed by atoms with Crippen LogP contribution >= 0.6 is 0 Å². The minimum absolute atomic E-state index is 0. The minimum atomic E-state index is 0. The molecule has 0 saturated carbocycles. The van der Waals surface area contributed by atoms with E-state index in [0.717, 1.165) is 28.7 Å². The van der Waals surface area contributed by atoms with Gasteiger partial charge in [0.2, 0.25) is 0 Å². The molecule has 2 aromatic heterocycles. The summed E-state index contributed by atoms with van der Waals surface area (Å²) < 4.78 is 2.22. The Balaban J connectivity index is 0.000000191. The first-order chi connectivity index (χ1) is 19.0. The summed E-state index contributed by atoms with van der Waals surface area (Å²) in [6.45, 7) is 10.9. The van der Waals surface area contributed by atoms with Gasteiger partial charge in [0.15, 0.2) is 0 Å². The zero-order chi connectivity index (χ0) is 27.4. The van der Waals surface area contributed by atoms with Crippen LogP contribution in [-0.4, -0.2) is 26.6 Å². The van der Waals surface area contributed by atoms with Crippen LogP contribution in [0.4, 0.5) is 17.3 Å². The smallest absolute Gasteiger partial charge is 0.487 e. The van der Waals surface area contributed by atoms with Crippen LogP contribution in [0.2, 0.25) is 0 Å². The molecule has 7 heteroatoms. The number of imidazole rings is 1. The summed E-state index contributed by atoms with van der Waals surface area (Å²) in [5.74, 6) is 3.56. The molecule has 0 spiro atoms. The Labute approximate surface area is 251 Å². The maximum absolute atomic E-state index is 4.60. The number of aromatic nitrogens is 4. The van der Waals surface area contributed by atoms with Crippen LogP contribution in [0.3, 0.4) is 0 Å². The van der Waals surface area contributed by atoms with Gasteiger partial charge in [-0.05, 0) is 30.0 Å². The second kappa shape index (κ2) is 13.0. The molecule has 5 aromatic rings. The standard InChI is InChI=1S/C21H23N2.C12H10N4.Ir/c1-15(2)18-11-8-12-19(16(3)4)20(18)23-14-13-22-21(23)17-9-6-5-7-10-17;1-15-9-16(10-5-3-2-4-6-10)12-11(15)13-7-8-14-12;/h5-9,11-16H,1-4H3;2-5,7-9H,1H3;/q-1;-2;+3. The van der Waals surface area contributed by atoms with E-state index in [0.29, 0.717) is 11.8 Å². The number of rotatable bonds is 5. The van der Waals surface area contributed by atoms with Crippen LogP contribution in [0.1, 0.15) is 50.7 Å². The summed E-state index contributed by atoms with van der Waals surface area (Å²) in [5, 5.41) is 0. The molecule has 0 fully saturated rings. The predicted octanol–water partition coefficient (Wildman–Crippen LogP) is 7.57. The van der Waals surface area contributed by atoms with Gasteiger partial charge in [0.1, 0.15) is 11.6 Å². The molecule has 1 aliphatic rings. The fraction of sp³-hybridized carbons (Fsp3) is 0.212. The van der Waals surface area contributed by atoms with E-state index in [1.165, 1.54) is 16.8 Å². The van der Waals surface area contributed by atoms with Crippen molar-refractivity contribution in [3.8, 4) is 17.1 Å². The fourth-order valence-corrected chi connectivity index (χ4v) is 4.74. The summed E-state index contributed by atoms with van der Waals surface area (Å²) in [6, 6.07) is 28.9. The first-order valence-electron chi connectivity index (χ1n) is 13.2. The van der Waals surface area contributed by atoms with Crippen LogP contribution in [0.25, 0.3) is 17.1 Å². The summed E-state index contributed by atoms with van der Waals surface area (Å²) >= 11 is 0. The average molecular weight is 706 g/mol. The molecule has 6 nitrogen and oxygen atoms in total. The number of fused-ring (bicyclic) bond motifs is 1. The second-order valence-electron chi connectivity index (χ2n) is 10.0. The summed E-state index contributed by atoms with van der Waals surface area (Å²) in [7, 11) is 1.95. The molecular weight excluding hydrogens is 673 g/mol. The van der Waals surface area contributed by atoms with Crippen molar-refractivity contribution < 1.29 is 20.1 Å². The SMILES string of the molecule is CC(C)c1cccc(C(C)C)c1-n1ccnc1-c1[c-]cccc1.CN1[CH-]N(c2[c-]cccc2)c2nccnc21.[Ir+3]. The number of anilines is 3. The molecule has 0 atom stereocenters. The summed E-state index contributed by atoms with van der Waals surface area (Å²) in [5.41, 5.74) is 5.96. The van der Waals surface area contributed by atoms with Crippen LogP contribution < -0.4 is 9.80 Å². The zero-order valence-electron chi connectivity index (χ0n) is 23.4. The number of hydrogen-bond acceptors (Lipinski definition) is 5. The largest absolute Gasteiger partial charge is 3.00 e. The van der Waals surface area contributed by atoms with Crippen molar-refractivity contribution in [1.82, 2.24) is 19.5 Å². The Morgan fingerprint density at radius 2 is 1.38 bits per heavy atom. The molecule has 3 aromatic carbocycles. The van der Waals surface area contributed by atoms with Gasteiger partial charge in [0.25, 0.3) is 0 Å². The molecule has 1 aliphatic heterocycles. The van der Waals surface area contributed by atoms with E-state index in [-0.39, 0.29) is 20.1 Å². The van der Waals surface area contributed by atoms with Crippen LogP contribution in [-0.2, 0) is 20.1 Å². The van der Waals surface area contributed by atoms with Crippen molar-refractivity contribution in [2.75, 3.05) is 16.8 Å². The van der Waals surface area contributed by atoms with Crippen LogP contribution in [0.15, 0.2) is 91.5 Å². The van der Waals surface area contributed by atoms with E-state index in [9.17, 15) is 0 Å². The molecule has 6 rings (SSSR count). The van der Waals surface area contributed by atoms with Gasteiger partial charge in [0, 0.05) is 30.5 Å². The maximum atomic E-state index is 4.60. The molecular formula is C33H33IrN6. The van der Waals surface area contributed by atoms with Gasteiger partial charge in [-0.1, -0.05) is 45.9 Å². The third kappa shape index (κ3) is 6.01. The van der Waals surface area contributed by atoms with Crippen molar-refractivity contribution >= 4 is 17.3 Å². The molecule has 0 unspecified atom stereocenters. The average Bonchev–Trinajstić information content (AvgIpc) is 3.59. The molecule has 3 heterocycles. The van der Waals surface area contributed by atoms with E-state index in [2.05, 4.69) is 89.8 Å². The van der Waals surface area contributed by atoms with Gasteiger partial charge in [0.05, 0.1) is 5.82 Å². The fourth-order valence-electron chi connectivity index (χ4n) is 4.74. The topological polar surface area (TPSA) is 50.1 Å². The molecule has 40 heavy (non-hydrogen) atoms. The normalized spacial score (nSPS) is 12.2. The Bertz CT molecular complexity index is 1490. The summed E-state index contributed by atoms with van der Waals surface area (Å²) in [4.78, 5) is 17.1. The molecule has 0 bridgehead atoms. The number of para-hydroxylation sites is 2. The molecule has 204 valence electrons. The Morgan fingerprint density at radius 1 is 0.725 bits per heavy atom. The first kappa shape index (κ1) is 29.2. The van der Waals surface area contributed by atoms with Crippen molar-refractivity contribution in [2.45, 2.75) is 39.5 Å². The van der Waals surface area contributed by atoms with Gasteiger partial charge < -0.3 is 14.4 Å². The summed E-state index contributed by atoms with van der Waals surface area (Å²) in [6.07, 6.45) is 7.32. The van der Waals surface area contributed by atoms with Crippen molar-refractivity contribution in [3.63, 3.8) is 0 Å². The van der Waals surface area contributed by atoms with Gasteiger partial charge in [-0.2, -0.15) is 30.3 Å². The second-order valence-corrected chi connectivity index (χ2v) is 10.0. The Morgan fingerprint density at radius 3 is 1.98 bits per heavy atom. The van der Waals surface area contributed by atoms with E-state index in [1.54, 1.807) is 12.4 Å². The quantitative estimate of drug-likeness (QED) is 0.177. The maximum Gasteiger partial charge on any atom is 3.00 e. The third-order valence-electron chi connectivity index (χ3n) is 6.64. The van der Waals surface area contributed by atoms with Crippen LogP contribution in [0, 0.1) is 18.8 Å². The van der Waals surface area contributed by atoms with E-state index in [4.69, 9.17) is 0 Å².